The van der Waals surface area contributed by atoms with Crippen LogP contribution in [0.3, 0.4) is 0 Å². The van der Waals surface area contributed by atoms with E-state index < -0.39 is 0 Å². The second-order valence-electron chi connectivity index (χ2n) is 3.77. The number of aromatic nitrogens is 1. The molecule has 0 fully saturated rings. The predicted octanol–water partition coefficient (Wildman–Crippen LogP) is 0.648. The Morgan fingerprint density at radius 1 is 1.28 bits per heavy atom. The summed E-state index contributed by atoms with van der Waals surface area (Å²) in [7, 11) is 3.26. The molecule has 1 heterocycles. The first-order valence-electron chi connectivity index (χ1n) is 5.83. The molecule has 1 aromatic rings. The van der Waals surface area contributed by atoms with Gasteiger partial charge in [-0.3, -0.25) is 16.3 Å². The molecule has 102 valence electrons. The average molecular weight is 255 g/mol. The molecule has 6 nitrogen and oxygen atoms in total. The van der Waals surface area contributed by atoms with Crippen LogP contribution in [-0.4, -0.2) is 39.0 Å². The Kier molecular flexibility index (Phi) is 7.28. The Hall–Kier alpha value is -1.21. The molecule has 0 aromatic carbocycles. The first-order valence-corrected chi connectivity index (χ1v) is 5.83. The normalized spacial score (nSPS) is 12.4. The van der Waals surface area contributed by atoms with Gasteiger partial charge in [-0.25, -0.2) is 0 Å². The lowest BCUT2D eigenvalue weighted by Crippen LogP contribution is -2.29. The zero-order valence-corrected chi connectivity index (χ0v) is 10.9. The SMILES string of the molecule is COCCOCCC(NN)c1cncc(OC)c1. The molecule has 0 aliphatic rings. The van der Waals surface area contributed by atoms with Crippen LogP contribution in [0.25, 0.3) is 0 Å². The monoisotopic (exact) mass is 255 g/mol. The third kappa shape index (κ3) is 4.97. The largest absolute Gasteiger partial charge is 0.495 e. The maximum atomic E-state index is 5.54. The van der Waals surface area contributed by atoms with Gasteiger partial charge < -0.3 is 14.2 Å². The van der Waals surface area contributed by atoms with Crippen molar-refractivity contribution in [3.63, 3.8) is 0 Å². The molecule has 3 N–H and O–H groups in total. The summed E-state index contributed by atoms with van der Waals surface area (Å²) in [5, 5.41) is 0. The summed E-state index contributed by atoms with van der Waals surface area (Å²) in [6.45, 7) is 1.79. The van der Waals surface area contributed by atoms with Gasteiger partial charge in [0.25, 0.3) is 0 Å². The Morgan fingerprint density at radius 3 is 2.78 bits per heavy atom. The molecule has 0 amide bonds. The van der Waals surface area contributed by atoms with Crippen LogP contribution < -0.4 is 16.0 Å². The molecule has 1 rings (SSSR count). The molecule has 6 heteroatoms. The van der Waals surface area contributed by atoms with Crippen molar-refractivity contribution in [2.75, 3.05) is 34.0 Å². The molecular formula is C12H21N3O3. The van der Waals surface area contributed by atoms with Crippen LogP contribution in [0.2, 0.25) is 0 Å². The highest BCUT2D eigenvalue weighted by Crippen LogP contribution is 2.19. The smallest absolute Gasteiger partial charge is 0.137 e. The van der Waals surface area contributed by atoms with Crippen molar-refractivity contribution < 1.29 is 14.2 Å². The van der Waals surface area contributed by atoms with E-state index in [9.17, 15) is 0 Å². The van der Waals surface area contributed by atoms with Gasteiger partial charge in [0.2, 0.25) is 0 Å². The summed E-state index contributed by atoms with van der Waals surface area (Å²) in [5.74, 6) is 6.25. The topological polar surface area (TPSA) is 78.6 Å². The van der Waals surface area contributed by atoms with E-state index in [2.05, 4.69) is 10.4 Å². The van der Waals surface area contributed by atoms with E-state index in [1.807, 2.05) is 6.07 Å². The van der Waals surface area contributed by atoms with Crippen molar-refractivity contribution in [1.82, 2.24) is 10.4 Å². The van der Waals surface area contributed by atoms with E-state index in [1.165, 1.54) is 0 Å². The molecule has 1 aromatic heterocycles. The molecule has 18 heavy (non-hydrogen) atoms. The number of rotatable bonds is 9. The summed E-state index contributed by atoms with van der Waals surface area (Å²) in [5.41, 5.74) is 3.73. The number of nitrogens with zero attached hydrogens (tertiary/aromatic N) is 1. The summed E-state index contributed by atoms with van der Waals surface area (Å²) in [6.07, 6.45) is 4.18. The molecule has 1 unspecified atom stereocenters. The van der Waals surface area contributed by atoms with Crippen molar-refractivity contribution in [3.8, 4) is 5.75 Å². The van der Waals surface area contributed by atoms with Gasteiger partial charge in [-0.2, -0.15) is 0 Å². The van der Waals surface area contributed by atoms with Crippen molar-refractivity contribution in [2.45, 2.75) is 12.5 Å². The fraction of sp³-hybridized carbons (Fsp3) is 0.583. The van der Waals surface area contributed by atoms with E-state index in [1.54, 1.807) is 26.6 Å². The molecular weight excluding hydrogens is 234 g/mol. The van der Waals surface area contributed by atoms with Crippen LogP contribution in [0.5, 0.6) is 5.75 Å². The third-order valence-corrected chi connectivity index (χ3v) is 2.56. The Bertz CT molecular complexity index is 336. The van der Waals surface area contributed by atoms with Gasteiger partial charge in [0, 0.05) is 26.0 Å². The van der Waals surface area contributed by atoms with Crippen molar-refractivity contribution in [2.24, 2.45) is 5.84 Å². The Balaban J connectivity index is 2.44. The lowest BCUT2D eigenvalue weighted by atomic mass is 10.1. The zero-order chi connectivity index (χ0) is 13.2. The third-order valence-electron chi connectivity index (χ3n) is 2.56. The van der Waals surface area contributed by atoms with Crippen LogP contribution in [0, 0.1) is 0 Å². The number of nitrogens with one attached hydrogen (secondary N) is 1. The average Bonchev–Trinajstić information content (AvgIpc) is 2.43. The lowest BCUT2D eigenvalue weighted by molar-refractivity contribution is 0.0657. The zero-order valence-electron chi connectivity index (χ0n) is 10.9. The molecule has 0 saturated heterocycles. The van der Waals surface area contributed by atoms with Gasteiger partial charge >= 0.3 is 0 Å². The predicted molar refractivity (Wildman–Crippen MR) is 68.2 cm³/mol. The molecule has 0 aliphatic carbocycles. The number of methoxy groups -OCH3 is 2. The highest BCUT2D eigenvalue weighted by molar-refractivity contribution is 5.25. The first kappa shape index (κ1) is 14.8. The van der Waals surface area contributed by atoms with Crippen LogP contribution >= 0.6 is 0 Å². The molecule has 0 saturated carbocycles. The van der Waals surface area contributed by atoms with Crippen molar-refractivity contribution in [1.29, 1.82) is 0 Å². The van der Waals surface area contributed by atoms with Crippen LogP contribution in [0.4, 0.5) is 0 Å². The molecule has 0 aliphatic heterocycles. The van der Waals surface area contributed by atoms with Gasteiger partial charge in [-0.05, 0) is 18.1 Å². The fourth-order valence-electron chi connectivity index (χ4n) is 1.53. The second kappa shape index (κ2) is 8.82. The Labute approximate surface area is 107 Å². The Morgan fingerprint density at radius 2 is 2.11 bits per heavy atom. The van der Waals surface area contributed by atoms with Gasteiger partial charge in [-0.15, -0.1) is 0 Å². The van der Waals surface area contributed by atoms with Crippen LogP contribution in [0.15, 0.2) is 18.5 Å². The summed E-state index contributed by atoms with van der Waals surface area (Å²) < 4.78 is 15.4. The van der Waals surface area contributed by atoms with E-state index >= 15 is 0 Å². The number of hydrogen-bond donors (Lipinski definition) is 2. The van der Waals surface area contributed by atoms with E-state index in [0.29, 0.717) is 25.6 Å². The standard InChI is InChI=1S/C12H21N3O3/c1-16-5-6-18-4-3-12(15-13)10-7-11(17-2)9-14-8-10/h7-9,12,15H,3-6,13H2,1-2H3. The molecule has 0 bridgehead atoms. The quantitative estimate of drug-likeness (QED) is 0.383. The number of ether oxygens (including phenoxy) is 3. The minimum Gasteiger partial charge on any atom is -0.495 e. The van der Waals surface area contributed by atoms with Gasteiger partial charge in [-0.1, -0.05) is 0 Å². The van der Waals surface area contributed by atoms with Gasteiger partial charge in [0.1, 0.15) is 5.75 Å². The number of nitrogens with two attached hydrogens (primary N) is 1. The van der Waals surface area contributed by atoms with Crippen molar-refractivity contribution in [3.05, 3.63) is 24.0 Å². The number of hydrogen-bond acceptors (Lipinski definition) is 6. The molecule has 1 atom stereocenters. The van der Waals surface area contributed by atoms with Crippen molar-refractivity contribution >= 4 is 0 Å². The van der Waals surface area contributed by atoms with Gasteiger partial charge in [0.15, 0.2) is 0 Å². The number of hydrazine groups is 1. The summed E-state index contributed by atoms with van der Waals surface area (Å²) >= 11 is 0. The van der Waals surface area contributed by atoms with Crippen LogP contribution in [0.1, 0.15) is 18.0 Å². The summed E-state index contributed by atoms with van der Waals surface area (Å²) in [6, 6.07) is 1.90. The van der Waals surface area contributed by atoms with Crippen LogP contribution in [-0.2, 0) is 9.47 Å². The minimum atomic E-state index is -0.00450. The fourth-order valence-corrected chi connectivity index (χ4v) is 1.53. The maximum absolute atomic E-state index is 5.54. The highest BCUT2D eigenvalue weighted by atomic mass is 16.5. The number of pyridine rings is 1. The maximum Gasteiger partial charge on any atom is 0.137 e. The summed E-state index contributed by atoms with van der Waals surface area (Å²) in [4.78, 5) is 4.10. The molecule has 0 radical (unpaired) electrons. The lowest BCUT2D eigenvalue weighted by Gasteiger charge is -2.16. The highest BCUT2D eigenvalue weighted by Gasteiger charge is 2.10. The minimum absolute atomic E-state index is 0.00450. The molecule has 0 spiro atoms. The second-order valence-corrected chi connectivity index (χ2v) is 3.77. The first-order chi connectivity index (χ1) is 8.81. The van der Waals surface area contributed by atoms with E-state index in [0.717, 1.165) is 12.0 Å². The van der Waals surface area contributed by atoms with Gasteiger partial charge in [0.05, 0.1) is 26.5 Å². The van der Waals surface area contributed by atoms with E-state index in [-0.39, 0.29) is 6.04 Å². The van der Waals surface area contributed by atoms with E-state index in [4.69, 9.17) is 20.1 Å².